The van der Waals surface area contributed by atoms with Crippen LogP contribution in [-0.2, 0) is 23.1 Å². The Kier molecular flexibility index (Phi) is 4.07. The largest absolute Gasteiger partial charge is 0.345 e. The van der Waals surface area contributed by atoms with Crippen molar-refractivity contribution in [2.24, 2.45) is 18.4 Å². The van der Waals surface area contributed by atoms with Gasteiger partial charge in [-0.15, -0.1) is 0 Å². The molecule has 0 saturated carbocycles. The molecule has 6 nitrogen and oxygen atoms in total. The lowest BCUT2D eigenvalue weighted by Crippen LogP contribution is -2.26. The average Bonchev–Trinajstić information content (AvgIpc) is 2.82. The van der Waals surface area contributed by atoms with Crippen LogP contribution in [0.3, 0.4) is 0 Å². The molecule has 0 spiro atoms. The van der Waals surface area contributed by atoms with E-state index in [2.05, 4.69) is 31.2 Å². The third-order valence-corrected chi connectivity index (χ3v) is 3.60. The molecule has 1 aliphatic rings. The molecule has 1 aliphatic heterocycles. The van der Waals surface area contributed by atoms with E-state index in [0.29, 0.717) is 12.4 Å². The highest BCUT2D eigenvalue weighted by molar-refractivity contribution is 5.96. The van der Waals surface area contributed by atoms with E-state index in [1.54, 1.807) is 16.6 Å². The average molecular weight is 292 g/mol. The zero-order valence-corrected chi connectivity index (χ0v) is 13.4. The lowest BCUT2D eigenvalue weighted by atomic mass is 9.91. The van der Waals surface area contributed by atoms with Gasteiger partial charge in [-0.1, -0.05) is 20.8 Å². The second-order valence-corrected chi connectivity index (χ2v) is 7.05. The van der Waals surface area contributed by atoms with Gasteiger partial charge in [0, 0.05) is 33.1 Å². The van der Waals surface area contributed by atoms with Gasteiger partial charge in [0.1, 0.15) is 5.82 Å². The van der Waals surface area contributed by atoms with Crippen molar-refractivity contribution in [3.8, 4) is 0 Å². The lowest BCUT2D eigenvalue weighted by Gasteiger charge is -2.15. The molecule has 0 aromatic carbocycles. The molecule has 1 unspecified atom stereocenters. The summed E-state index contributed by atoms with van der Waals surface area (Å²) in [5.74, 6) is 0.316. The van der Waals surface area contributed by atoms with E-state index in [9.17, 15) is 9.59 Å². The highest BCUT2D eigenvalue weighted by atomic mass is 16.2. The Bertz CT molecular complexity index is 557. The fourth-order valence-electron chi connectivity index (χ4n) is 2.54. The van der Waals surface area contributed by atoms with E-state index in [1.807, 2.05) is 13.1 Å². The molecule has 2 heterocycles. The molecule has 1 fully saturated rings. The molecule has 0 aliphatic carbocycles. The number of anilines is 1. The van der Waals surface area contributed by atoms with Crippen molar-refractivity contribution >= 4 is 17.6 Å². The highest BCUT2D eigenvalue weighted by Crippen LogP contribution is 2.23. The van der Waals surface area contributed by atoms with Gasteiger partial charge < -0.3 is 10.2 Å². The monoisotopic (exact) mass is 292 g/mol. The van der Waals surface area contributed by atoms with Crippen LogP contribution in [0.5, 0.6) is 0 Å². The molecule has 2 amide bonds. The minimum atomic E-state index is -0.275. The molecule has 1 aromatic heterocycles. The van der Waals surface area contributed by atoms with Gasteiger partial charge in [0.15, 0.2) is 0 Å². The minimum absolute atomic E-state index is 0.0218. The van der Waals surface area contributed by atoms with Crippen LogP contribution in [0.15, 0.2) is 6.07 Å². The SMILES string of the molecule is CN1CC(C(=O)Nc2cc(CC(C)(C)C)nn2C)CC1=O. The van der Waals surface area contributed by atoms with Crippen LogP contribution in [0.25, 0.3) is 0 Å². The Labute approximate surface area is 125 Å². The number of carbonyl (C=O) groups excluding carboxylic acids is 2. The maximum Gasteiger partial charge on any atom is 0.230 e. The van der Waals surface area contributed by atoms with Crippen molar-refractivity contribution in [2.75, 3.05) is 18.9 Å². The molecule has 2 rings (SSSR count). The van der Waals surface area contributed by atoms with Crippen LogP contribution in [-0.4, -0.2) is 40.1 Å². The first-order valence-corrected chi connectivity index (χ1v) is 7.23. The van der Waals surface area contributed by atoms with Crippen molar-refractivity contribution in [1.29, 1.82) is 0 Å². The van der Waals surface area contributed by atoms with Gasteiger partial charge in [-0.2, -0.15) is 5.10 Å². The second-order valence-electron chi connectivity index (χ2n) is 7.05. The molecule has 1 saturated heterocycles. The van der Waals surface area contributed by atoms with Gasteiger partial charge in [-0.25, -0.2) is 0 Å². The summed E-state index contributed by atoms with van der Waals surface area (Å²) in [5, 5.41) is 7.31. The number of likely N-dealkylation sites (tertiary alicyclic amines) is 1. The van der Waals surface area contributed by atoms with E-state index in [1.165, 1.54) is 0 Å². The lowest BCUT2D eigenvalue weighted by molar-refractivity contribution is -0.127. The Balaban J connectivity index is 2.03. The molecule has 6 heteroatoms. The van der Waals surface area contributed by atoms with Crippen LogP contribution >= 0.6 is 0 Å². The maximum absolute atomic E-state index is 12.2. The van der Waals surface area contributed by atoms with Gasteiger partial charge in [0.2, 0.25) is 11.8 Å². The molecule has 1 atom stereocenters. The number of nitrogens with one attached hydrogen (secondary N) is 1. The van der Waals surface area contributed by atoms with Crippen LogP contribution in [0.2, 0.25) is 0 Å². The number of rotatable bonds is 3. The topological polar surface area (TPSA) is 67.2 Å². The number of aromatic nitrogens is 2. The van der Waals surface area contributed by atoms with Crippen LogP contribution < -0.4 is 5.32 Å². The predicted molar refractivity (Wildman–Crippen MR) is 80.7 cm³/mol. The van der Waals surface area contributed by atoms with Crippen molar-refractivity contribution in [3.05, 3.63) is 11.8 Å². The first-order chi connectivity index (χ1) is 9.65. The smallest absolute Gasteiger partial charge is 0.230 e. The summed E-state index contributed by atoms with van der Waals surface area (Å²) in [7, 11) is 3.54. The number of nitrogens with zero attached hydrogens (tertiary/aromatic N) is 3. The number of hydrogen-bond acceptors (Lipinski definition) is 3. The number of amides is 2. The maximum atomic E-state index is 12.2. The van der Waals surface area contributed by atoms with E-state index >= 15 is 0 Å². The summed E-state index contributed by atoms with van der Waals surface area (Å²) in [6.07, 6.45) is 1.14. The number of hydrogen-bond donors (Lipinski definition) is 1. The van der Waals surface area contributed by atoms with Gasteiger partial charge in [-0.05, 0) is 11.8 Å². The summed E-state index contributed by atoms with van der Waals surface area (Å²) < 4.78 is 1.68. The molecular formula is C15H24N4O2. The van der Waals surface area contributed by atoms with E-state index in [-0.39, 0.29) is 29.6 Å². The van der Waals surface area contributed by atoms with Crippen LogP contribution in [0, 0.1) is 11.3 Å². The Morgan fingerprint density at radius 2 is 2.10 bits per heavy atom. The van der Waals surface area contributed by atoms with Crippen molar-refractivity contribution < 1.29 is 9.59 Å². The molecule has 21 heavy (non-hydrogen) atoms. The van der Waals surface area contributed by atoms with Crippen molar-refractivity contribution in [1.82, 2.24) is 14.7 Å². The quantitative estimate of drug-likeness (QED) is 0.916. The highest BCUT2D eigenvalue weighted by Gasteiger charge is 2.32. The molecule has 0 bridgehead atoms. The summed E-state index contributed by atoms with van der Waals surface area (Å²) in [5.41, 5.74) is 1.11. The van der Waals surface area contributed by atoms with Gasteiger partial charge in [-0.3, -0.25) is 14.3 Å². The summed E-state index contributed by atoms with van der Waals surface area (Å²) in [4.78, 5) is 25.3. The molecule has 1 aromatic rings. The van der Waals surface area contributed by atoms with Crippen molar-refractivity contribution in [3.63, 3.8) is 0 Å². The molecule has 116 valence electrons. The van der Waals surface area contributed by atoms with E-state index < -0.39 is 0 Å². The second kappa shape index (κ2) is 5.50. The normalized spacial score (nSPS) is 19.2. The summed E-state index contributed by atoms with van der Waals surface area (Å²) in [6.45, 7) is 6.94. The zero-order valence-electron chi connectivity index (χ0n) is 13.4. The Morgan fingerprint density at radius 3 is 2.62 bits per heavy atom. The predicted octanol–water partition coefficient (Wildman–Crippen LogP) is 1.43. The Hall–Kier alpha value is -1.85. The van der Waals surface area contributed by atoms with E-state index in [0.717, 1.165) is 12.1 Å². The van der Waals surface area contributed by atoms with Gasteiger partial charge in [0.05, 0.1) is 11.6 Å². The van der Waals surface area contributed by atoms with Crippen molar-refractivity contribution in [2.45, 2.75) is 33.6 Å². The van der Waals surface area contributed by atoms with Crippen LogP contribution in [0.1, 0.15) is 32.9 Å². The van der Waals surface area contributed by atoms with Crippen LogP contribution in [0.4, 0.5) is 5.82 Å². The molecule has 0 radical (unpaired) electrons. The minimum Gasteiger partial charge on any atom is -0.345 e. The Morgan fingerprint density at radius 1 is 1.43 bits per heavy atom. The molecular weight excluding hydrogens is 268 g/mol. The molecule has 1 N–H and O–H groups in total. The standard InChI is InChI=1S/C15H24N4O2/c1-15(2,3)8-11-7-12(19(5)17-11)16-14(21)10-6-13(20)18(4)9-10/h7,10H,6,8-9H2,1-5H3,(H,16,21). The number of aryl methyl sites for hydroxylation is 1. The summed E-state index contributed by atoms with van der Waals surface area (Å²) in [6, 6.07) is 1.91. The van der Waals surface area contributed by atoms with E-state index in [4.69, 9.17) is 0 Å². The van der Waals surface area contributed by atoms with Gasteiger partial charge in [0.25, 0.3) is 0 Å². The van der Waals surface area contributed by atoms with Gasteiger partial charge >= 0.3 is 0 Å². The fraction of sp³-hybridized carbons (Fsp3) is 0.667. The third kappa shape index (κ3) is 3.83. The first-order valence-electron chi connectivity index (χ1n) is 7.23. The number of carbonyl (C=O) groups is 2. The zero-order chi connectivity index (χ0) is 15.8. The fourth-order valence-corrected chi connectivity index (χ4v) is 2.54. The first kappa shape index (κ1) is 15.5. The third-order valence-electron chi connectivity index (χ3n) is 3.60. The summed E-state index contributed by atoms with van der Waals surface area (Å²) >= 11 is 0.